The number of ether oxygens (including phenoxy) is 2. The maximum absolute atomic E-state index is 13.4. The van der Waals surface area contributed by atoms with Gasteiger partial charge in [-0.15, -0.1) is 11.3 Å². The van der Waals surface area contributed by atoms with Gasteiger partial charge in [0.1, 0.15) is 12.4 Å². The molecule has 0 unspecified atom stereocenters. The zero-order valence-electron chi connectivity index (χ0n) is 19.8. The molecule has 2 amide bonds. The first-order valence-corrected chi connectivity index (χ1v) is 12.8. The largest absolute Gasteiger partial charge is 0.491 e. The summed E-state index contributed by atoms with van der Waals surface area (Å²) in [5.41, 5.74) is 2.43. The van der Waals surface area contributed by atoms with Gasteiger partial charge in [0.05, 0.1) is 18.7 Å². The van der Waals surface area contributed by atoms with Gasteiger partial charge in [-0.05, 0) is 59.9 Å². The lowest BCUT2D eigenvalue weighted by molar-refractivity contribution is -0.142. The van der Waals surface area contributed by atoms with E-state index in [9.17, 15) is 9.59 Å². The molecule has 2 aliphatic rings. The van der Waals surface area contributed by atoms with Crippen LogP contribution in [0.5, 0.6) is 5.75 Å². The third-order valence-electron chi connectivity index (χ3n) is 6.59. The molecule has 4 rings (SSSR count). The van der Waals surface area contributed by atoms with Crippen LogP contribution in [0.1, 0.15) is 61.6 Å². The molecule has 7 heteroatoms. The quantitative estimate of drug-likeness (QED) is 0.574. The number of fused-ring (bicyclic) bond motifs is 1. The summed E-state index contributed by atoms with van der Waals surface area (Å²) in [5, 5.41) is 2.09. The Hall–Kier alpha value is -2.38. The molecule has 2 atom stereocenters. The number of rotatable bonds is 8. The van der Waals surface area contributed by atoms with Crippen LogP contribution in [-0.2, 0) is 20.7 Å². The molecule has 33 heavy (non-hydrogen) atoms. The number of nitrogens with zero attached hydrogens (tertiary/aromatic N) is 2. The molecule has 1 aromatic heterocycles. The van der Waals surface area contributed by atoms with Gasteiger partial charge in [-0.1, -0.05) is 26.0 Å². The topological polar surface area (TPSA) is 59.1 Å². The molecule has 0 aliphatic carbocycles. The SMILES string of the molecule is CC(=O)N(CC(=O)N1CCc2sccc2[C@H]1COc1ccc(C(C)C)cc1)C[C@H]1CCCO1. The van der Waals surface area contributed by atoms with Crippen LogP contribution in [0.25, 0.3) is 0 Å². The predicted octanol–water partition coefficient (Wildman–Crippen LogP) is 4.40. The lowest BCUT2D eigenvalue weighted by Crippen LogP contribution is -2.48. The van der Waals surface area contributed by atoms with Crippen molar-refractivity contribution < 1.29 is 19.1 Å². The van der Waals surface area contributed by atoms with Crippen LogP contribution >= 0.6 is 11.3 Å². The fraction of sp³-hybridized carbons (Fsp3) is 0.538. The summed E-state index contributed by atoms with van der Waals surface area (Å²) in [7, 11) is 0. The maximum atomic E-state index is 13.4. The number of thiophene rings is 1. The molecule has 1 saturated heterocycles. The minimum atomic E-state index is -0.159. The highest BCUT2D eigenvalue weighted by Crippen LogP contribution is 2.34. The number of benzene rings is 1. The van der Waals surface area contributed by atoms with Crippen molar-refractivity contribution in [1.82, 2.24) is 9.80 Å². The fourth-order valence-electron chi connectivity index (χ4n) is 4.59. The van der Waals surface area contributed by atoms with E-state index in [1.165, 1.54) is 17.4 Å². The van der Waals surface area contributed by atoms with Gasteiger partial charge in [0.15, 0.2) is 0 Å². The smallest absolute Gasteiger partial charge is 0.242 e. The molecule has 0 spiro atoms. The summed E-state index contributed by atoms with van der Waals surface area (Å²) < 4.78 is 11.8. The van der Waals surface area contributed by atoms with E-state index in [1.54, 1.807) is 16.2 Å². The van der Waals surface area contributed by atoms with Crippen molar-refractivity contribution in [1.29, 1.82) is 0 Å². The zero-order chi connectivity index (χ0) is 23.4. The van der Waals surface area contributed by atoms with Crippen LogP contribution in [0.4, 0.5) is 0 Å². The normalized spacial score (nSPS) is 20.1. The van der Waals surface area contributed by atoms with Gasteiger partial charge < -0.3 is 19.3 Å². The van der Waals surface area contributed by atoms with Crippen LogP contribution < -0.4 is 4.74 Å². The first-order chi connectivity index (χ1) is 15.9. The van der Waals surface area contributed by atoms with E-state index in [0.717, 1.165) is 37.2 Å². The second-order valence-corrected chi connectivity index (χ2v) is 10.2. The van der Waals surface area contributed by atoms with Gasteiger partial charge >= 0.3 is 0 Å². The molecule has 2 aromatic rings. The summed E-state index contributed by atoms with van der Waals surface area (Å²) in [6.45, 7) is 8.17. The Labute approximate surface area is 200 Å². The Morgan fingerprint density at radius 3 is 2.70 bits per heavy atom. The lowest BCUT2D eigenvalue weighted by Gasteiger charge is -2.37. The first-order valence-electron chi connectivity index (χ1n) is 11.9. The van der Waals surface area contributed by atoms with Crippen LogP contribution in [-0.4, -0.2) is 60.6 Å². The molecular formula is C26H34N2O4S. The van der Waals surface area contributed by atoms with E-state index in [2.05, 4.69) is 37.4 Å². The van der Waals surface area contributed by atoms with Crippen LogP contribution in [0.3, 0.4) is 0 Å². The highest BCUT2D eigenvalue weighted by atomic mass is 32.1. The molecule has 2 aliphatic heterocycles. The second-order valence-electron chi connectivity index (χ2n) is 9.22. The minimum Gasteiger partial charge on any atom is -0.491 e. The number of hydrogen-bond acceptors (Lipinski definition) is 5. The molecule has 0 radical (unpaired) electrons. The highest BCUT2D eigenvalue weighted by Gasteiger charge is 2.33. The first kappa shape index (κ1) is 23.8. The average Bonchev–Trinajstić information content (AvgIpc) is 3.49. The van der Waals surface area contributed by atoms with E-state index in [0.29, 0.717) is 25.6 Å². The van der Waals surface area contributed by atoms with Gasteiger partial charge in [-0.3, -0.25) is 9.59 Å². The summed E-state index contributed by atoms with van der Waals surface area (Å²) in [6.07, 6.45) is 2.81. The van der Waals surface area contributed by atoms with Crippen LogP contribution in [0.2, 0.25) is 0 Å². The molecule has 3 heterocycles. The molecule has 0 N–H and O–H groups in total. The Kier molecular flexibility index (Phi) is 7.71. The Morgan fingerprint density at radius 1 is 1.24 bits per heavy atom. The van der Waals surface area contributed by atoms with Gasteiger partial charge in [-0.25, -0.2) is 0 Å². The zero-order valence-corrected chi connectivity index (χ0v) is 20.6. The maximum Gasteiger partial charge on any atom is 0.242 e. The van der Waals surface area contributed by atoms with Crippen LogP contribution in [0, 0.1) is 0 Å². The molecular weight excluding hydrogens is 436 g/mol. The molecule has 0 saturated carbocycles. The second kappa shape index (κ2) is 10.7. The third kappa shape index (κ3) is 5.76. The van der Waals surface area contributed by atoms with Crippen molar-refractivity contribution in [3.05, 3.63) is 51.7 Å². The molecule has 6 nitrogen and oxygen atoms in total. The number of carbonyl (C=O) groups excluding carboxylic acids is 2. The van der Waals surface area contributed by atoms with Crippen LogP contribution in [0.15, 0.2) is 35.7 Å². The van der Waals surface area contributed by atoms with Gasteiger partial charge in [-0.2, -0.15) is 0 Å². The minimum absolute atomic E-state index is 0.0273. The molecule has 1 aromatic carbocycles. The molecule has 178 valence electrons. The summed E-state index contributed by atoms with van der Waals surface area (Å²) in [6, 6.07) is 10.1. The van der Waals surface area contributed by atoms with Gasteiger partial charge in [0.2, 0.25) is 11.8 Å². The fourth-order valence-corrected chi connectivity index (χ4v) is 5.52. The summed E-state index contributed by atoms with van der Waals surface area (Å²) in [5.74, 6) is 1.14. The van der Waals surface area contributed by atoms with Gasteiger partial charge in [0, 0.05) is 31.5 Å². The number of carbonyl (C=O) groups is 2. The Morgan fingerprint density at radius 2 is 2.03 bits per heavy atom. The van der Waals surface area contributed by atoms with Crippen molar-refractivity contribution in [2.45, 2.75) is 58.1 Å². The van der Waals surface area contributed by atoms with Crippen molar-refractivity contribution >= 4 is 23.2 Å². The monoisotopic (exact) mass is 470 g/mol. The van der Waals surface area contributed by atoms with E-state index in [-0.39, 0.29) is 30.5 Å². The van der Waals surface area contributed by atoms with E-state index in [1.807, 2.05) is 17.0 Å². The number of hydrogen-bond donors (Lipinski definition) is 0. The van der Waals surface area contributed by atoms with Gasteiger partial charge in [0.25, 0.3) is 0 Å². The highest BCUT2D eigenvalue weighted by molar-refractivity contribution is 7.10. The van der Waals surface area contributed by atoms with E-state index >= 15 is 0 Å². The predicted molar refractivity (Wildman–Crippen MR) is 130 cm³/mol. The Bertz CT molecular complexity index is 949. The van der Waals surface area contributed by atoms with E-state index < -0.39 is 0 Å². The van der Waals surface area contributed by atoms with Crippen molar-refractivity contribution in [2.75, 3.05) is 32.8 Å². The summed E-state index contributed by atoms with van der Waals surface area (Å²) in [4.78, 5) is 30.5. The molecule has 1 fully saturated rings. The van der Waals surface area contributed by atoms with Crippen molar-refractivity contribution in [3.8, 4) is 5.75 Å². The Balaban J connectivity index is 1.45. The lowest BCUT2D eigenvalue weighted by atomic mass is 10.00. The number of amides is 2. The third-order valence-corrected chi connectivity index (χ3v) is 7.59. The molecule has 0 bridgehead atoms. The van der Waals surface area contributed by atoms with Crippen molar-refractivity contribution in [2.24, 2.45) is 0 Å². The standard InChI is InChI=1S/C26H34N2O4S/c1-18(2)20-6-8-21(9-7-20)32-17-24-23-11-14-33-25(23)10-12-28(24)26(30)16-27(19(3)29)15-22-5-4-13-31-22/h6-9,11,14,18,22,24H,4-5,10,12-13,15-17H2,1-3H3/t22-,24-/m1/s1. The van der Waals surface area contributed by atoms with Crippen molar-refractivity contribution in [3.63, 3.8) is 0 Å². The summed E-state index contributed by atoms with van der Waals surface area (Å²) >= 11 is 1.74. The van der Waals surface area contributed by atoms with E-state index in [4.69, 9.17) is 9.47 Å². The average molecular weight is 471 g/mol.